The molecule has 0 aliphatic carbocycles. The second kappa shape index (κ2) is 4.81. The van der Waals surface area contributed by atoms with Gasteiger partial charge in [-0.3, -0.25) is 0 Å². The van der Waals surface area contributed by atoms with Gasteiger partial charge in [-0.1, -0.05) is 0 Å². The van der Waals surface area contributed by atoms with Crippen LogP contribution in [0, 0.1) is 0 Å². The number of nitrogen functional groups attached to an aromatic ring is 1. The van der Waals surface area contributed by atoms with Gasteiger partial charge in [0.25, 0.3) is 0 Å². The third kappa shape index (κ3) is 2.41. The molecule has 0 spiro atoms. The zero-order valence-corrected chi connectivity index (χ0v) is 10.3. The summed E-state index contributed by atoms with van der Waals surface area (Å²) in [4.78, 5) is 0. The Bertz CT molecular complexity index is 444. The number of benzene rings is 2. The first-order chi connectivity index (χ1) is 7.29. The van der Waals surface area contributed by atoms with Crippen LogP contribution in [0.25, 0.3) is 0 Å². The fourth-order valence-corrected chi connectivity index (χ4v) is 4.44. The van der Waals surface area contributed by atoms with Crippen LogP contribution >= 0.6 is 9.53 Å². The van der Waals surface area contributed by atoms with Gasteiger partial charge in [0.1, 0.15) is 0 Å². The van der Waals surface area contributed by atoms with Gasteiger partial charge in [-0.15, -0.1) is 0 Å². The molecule has 0 heterocycles. The molecule has 15 heavy (non-hydrogen) atoms. The Morgan fingerprint density at radius 2 is 1.47 bits per heavy atom. The molecule has 0 fully saturated rings. The van der Waals surface area contributed by atoms with Crippen molar-refractivity contribution in [3.63, 3.8) is 0 Å². The van der Waals surface area contributed by atoms with E-state index in [9.17, 15) is 0 Å². The van der Waals surface area contributed by atoms with E-state index in [0.717, 1.165) is 9.72 Å². The summed E-state index contributed by atoms with van der Waals surface area (Å²) in [6.07, 6.45) is 0. The second-order valence-corrected chi connectivity index (χ2v) is 7.07. The molecule has 2 rings (SSSR count). The van der Waals surface area contributed by atoms with Crippen molar-refractivity contribution in [1.29, 1.82) is 0 Å². The molecule has 0 aliphatic heterocycles. The Balaban J connectivity index is 2.37. The van der Waals surface area contributed by atoms with Gasteiger partial charge < -0.3 is 0 Å². The van der Waals surface area contributed by atoms with Crippen LogP contribution in [0.3, 0.4) is 0 Å². The van der Waals surface area contributed by atoms with Gasteiger partial charge in [0.15, 0.2) is 0 Å². The third-order valence-corrected chi connectivity index (χ3v) is 6.23. The minimum absolute atomic E-state index is 0.789. The van der Waals surface area contributed by atoms with E-state index >= 15 is 0 Å². The molecule has 2 N–H and O–H groups in total. The summed E-state index contributed by atoms with van der Waals surface area (Å²) in [5, 5.41) is 0. The minimum atomic E-state index is -1.38. The molecule has 0 aliphatic rings. The third-order valence-electron chi connectivity index (χ3n) is 1.90. The summed E-state index contributed by atoms with van der Waals surface area (Å²) in [7, 11) is 6.47. The van der Waals surface area contributed by atoms with Gasteiger partial charge in [0.05, 0.1) is 0 Å². The van der Waals surface area contributed by atoms with Gasteiger partial charge in [0, 0.05) is 0 Å². The SMILES string of the molecule is Nc1cccc[c]1[Pd]([Cl])[c]1ccccc1. The average Bonchev–Trinajstić information content (AvgIpc) is 2.30. The van der Waals surface area contributed by atoms with Gasteiger partial charge in [-0.05, 0) is 0 Å². The van der Waals surface area contributed by atoms with Crippen molar-refractivity contribution < 1.29 is 15.7 Å². The number of nitrogens with two attached hydrogens (primary N) is 1. The number of halogens is 1. The fraction of sp³-hybridized carbons (Fsp3) is 0. The average molecular weight is 311 g/mol. The Morgan fingerprint density at radius 1 is 0.867 bits per heavy atom. The molecule has 0 saturated carbocycles. The maximum atomic E-state index is 6.47. The standard InChI is InChI=1S/C6H6N.C6H5.ClH.Pd/c7-6-4-2-1-3-5-6;1-2-4-6-5-3-1;;/h1-4H,7H2;1-5H;1H;/q;;;+1/p-1. The Morgan fingerprint density at radius 3 is 2.13 bits per heavy atom. The van der Waals surface area contributed by atoms with Crippen LogP contribution in [0.4, 0.5) is 5.69 Å². The van der Waals surface area contributed by atoms with Gasteiger partial charge >= 0.3 is 99.4 Å². The number of rotatable bonds is 2. The zero-order valence-electron chi connectivity index (χ0n) is 7.97. The van der Waals surface area contributed by atoms with Crippen LogP contribution in [-0.4, -0.2) is 0 Å². The van der Waals surface area contributed by atoms with Crippen LogP contribution in [-0.2, 0) is 15.7 Å². The molecule has 0 atom stereocenters. The van der Waals surface area contributed by atoms with Crippen LogP contribution in [0.5, 0.6) is 0 Å². The summed E-state index contributed by atoms with van der Waals surface area (Å²) in [6.45, 7) is 0. The summed E-state index contributed by atoms with van der Waals surface area (Å²) >= 11 is -1.38. The van der Waals surface area contributed by atoms with Crippen molar-refractivity contribution in [2.45, 2.75) is 0 Å². The number of hydrogen-bond acceptors (Lipinski definition) is 1. The molecular weight excluding hydrogens is 300 g/mol. The first-order valence-electron chi connectivity index (χ1n) is 4.46. The van der Waals surface area contributed by atoms with Crippen molar-refractivity contribution in [3.05, 3.63) is 54.6 Å². The van der Waals surface area contributed by atoms with E-state index in [2.05, 4.69) is 12.1 Å². The molecule has 0 radical (unpaired) electrons. The second-order valence-electron chi connectivity index (χ2n) is 2.95. The first kappa shape index (κ1) is 10.7. The van der Waals surface area contributed by atoms with Crippen LogP contribution in [0.2, 0.25) is 0 Å². The topological polar surface area (TPSA) is 26.0 Å². The molecule has 2 aromatic carbocycles. The van der Waals surface area contributed by atoms with Crippen molar-refractivity contribution >= 4 is 23.3 Å². The zero-order chi connectivity index (χ0) is 10.7. The van der Waals surface area contributed by atoms with Crippen molar-refractivity contribution in [2.75, 3.05) is 5.73 Å². The molecule has 2 aromatic rings. The molecule has 3 heteroatoms. The Labute approximate surface area is 99.1 Å². The number of hydrogen-bond donors (Lipinski definition) is 1. The Hall–Kier alpha value is -0.808. The van der Waals surface area contributed by atoms with Crippen LogP contribution in [0.15, 0.2) is 54.6 Å². The quantitative estimate of drug-likeness (QED) is 0.666. The number of anilines is 1. The van der Waals surface area contributed by atoms with E-state index < -0.39 is 15.7 Å². The molecule has 81 valence electrons. The monoisotopic (exact) mass is 310 g/mol. The van der Waals surface area contributed by atoms with Crippen molar-refractivity contribution in [1.82, 2.24) is 0 Å². The number of para-hydroxylation sites is 1. The van der Waals surface area contributed by atoms with Gasteiger partial charge in [-0.25, -0.2) is 0 Å². The van der Waals surface area contributed by atoms with Gasteiger partial charge in [-0.2, -0.15) is 0 Å². The molecule has 1 nitrogen and oxygen atoms in total. The van der Waals surface area contributed by atoms with Gasteiger partial charge in [0.2, 0.25) is 0 Å². The van der Waals surface area contributed by atoms with E-state index in [0.29, 0.717) is 0 Å². The predicted octanol–water partition coefficient (Wildman–Crippen LogP) is 1.99. The maximum absolute atomic E-state index is 6.47. The van der Waals surface area contributed by atoms with E-state index in [1.807, 2.05) is 42.5 Å². The summed E-state index contributed by atoms with van der Waals surface area (Å²) < 4.78 is 2.26. The Kier molecular flexibility index (Phi) is 3.43. The summed E-state index contributed by atoms with van der Waals surface area (Å²) in [5.41, 5.74) is 6.69. The predicted molar refractivity (Wildman–Crippen MR) is 62.4 cm³/mol. The molecule has 0 aromatic heterocycles. The van der Waals surface area contributed by atoms with Crippen molar-refractivity contribution in [2.24, 2.45) is 0 Å². The van der Waals surface area contributed by atoms with E-state index in [1.54, 1.807) is 0 Å². The van der Waals surface area contributed by atoms with E-state index in [1.165, 1.54) is 4.04 Å². The fourth-order valence-electron chi connectivity index (χ4n) is 1.18. The van der Waals surface area contributed by atoms with E-state index in [4.69, 9.17) is 15.3 Å². The molecule has 0 unspecified atom stereocenters. The molecule has 0 amide bonds. The van der Waals surface area contributed by atoms with Crippen molar-refractivity contribution in [3.8, 4) is 0 Å². The molecule has 0 saturated heterocycles. The summed E-state index contributed by atoms with van der Waals surface area (Å²) in [5.74, 6) is 0. The van der Waals surface area contributed by atoms with Crippen LogP contribution < -0.4 is 13.8 Å². The normalized spacial score (nSPS) is 11.1. The first-order valence-corrected chi connectivity index (χ1v) is 8.02. The van der Waals surface area contributed by atoms with E-state index in [-0.39, 0.29) is 0 Å². The molecular formula is C12H11ClNPd. The summed E-state index contributed by atoms with van der Waals surface area (Å²) in [6, 6.07) is 17.9. The molecule has 0 bridgehead atoms. The van der Waals surface area contributed by atoms with Crippen LogP contribution in [0.1, 0.15) is 0 Å².